The van der Waals surface area contributed by atoms with Gasteiger partial charge in [0.1, 0.15) is 16.2 Å². The molecule has 0 bridgehead atoms. The van der Waals surface area contributed by atoms with Gasteiger partial charge in [-0.2, -0.15) is 4.98 Å². The molecule has 3 aromatic heterocycles. The fourth-order valence-corrected chi connectivity index (χ4v) is 4.41. The highest BCUT2D eigenvalue weighted by Crippen LogP contribution is 2.41. The number of aryl methyl sites for hydroxylation is 1. The molecule has 120 valence electrons. The van der Waals surface area contributed by atoms with Crippen molar-refractivity contribution in [3.63, 3.8) is 0 Å². The Morgan fingerprint density at radius 2 is 2.00 bits per heavy atom. The van der Waals surface area contributed by atoms with E-state index in [0.717, 1.165) is 20.8 Å². The SMILES string of the molecule is Cc1noc([C@H](C)Sc2ncnc3scc(-c4ccccc4)c23)n1. The van der Waals surface area contributed by atoms with Crippen LogP contribution in [-0.4, -0.2) is 20.1 Å². The Kier molecular flexibility index (Phi) is 4.03. The lowest BCUT2D eigenvalue weighted by Gasteiger charge is -2.08. The summed E-state index contributed by atoms with van der Waals surface area (Å²) < 4.78 is 5.28. The molecule has 1 atom stereocenters. The van der Waals surface area contributed by atoms with Crippen LogP contribution < -0.4 is 0 Å². The molecule has 7 heteroatoms. The zero-order valence-corrected chi connectivity index (χ0v) is 14.8. The lowest BCUT2D eigenvalue weighted by molar-refractivity contribution is 0.376. The van der Waals surface area contributed by atoms with Gasteiger partial charge in [0.2, 0.25) is 5.89 Å². The molecule has 0 N–H and O–H groups in total. The van der Waals surface area contributed by atoms with Crippen molar-refractivity contribution in [2.45, 2.75) is 24.1 Å². The van der Waals surface area contributed by atoms with E-state index in [1.807, 2.05) is 32.0 Å². The van der Waals surface area contributed by atoms with Crippen molar-refractivity contribution in [3.05, 3.63) is 53.8 Å². The highest BCUT2D eigenvalue weighted by atomic mass is 32.2. The fourth-order valence-electron chi connectivity index (χ4n) is 2.46. The van der Waals surface area contributed by atoms with E-state index in [1.54, 1.807) is 29.4 Å². The van der Waals surface area contributed by atoms with Gasteiger partial charge in [-0.1, -0.05) is 47.3 Å². The predicted molar refractivity (Wildman–Crippen MR) is 96.2 cm³/mol. The maximum absolute atomic E-state index is 5.28. The Labute approximate surface area is 147 Å². The summed E-state index contributed by atoms with van der Waals surface area (Å²) in [5.74, 6) is 1.26. The van der Waals surface area contributed by atoms with Crippen molar-refractivity contribution in [1.29, 1.82) is 0 Å². The quantitative estimate of drug-likeness (QED) is 0.383. The molecular weight excluding hydrogens is 340 g/mol. The third-order valence-corrected chi connectivity index (χ3v) is 5.57. The molecular formula is C17H14N4OS2. The van der Waals surface area contributed by atoms with Crippen molar-refractivity contribution in [3.8, 4) is 11.1 Å². The number of benzene rings is 1. The van der Waals surface area contributed by atoms with Crippen LogP contribution in [0.5, 0.6) is 0 Å². The van der Waals surface area contributed by atoms with Gasteiger partial charge in [0.25, 0.3) is 0 Å². The molecule has 4 rings (SSSR count). The Bertz CT molecular complexity index is 981. The van der Waals surface area contributed by atoms with Crippen molar-refractivity contribution < 1.29 is 4.52 Å². The summed E-state index contributed by atoms with van der Waals surface area (Å²) in [5, 5.41) is 8.05. The van der Waals surface area contributed by atoms with Gasteiger partial charge >= 0.3 is 0 Å². The third-order valence-electron chi connectivity index (χ3n) is 3.60. The number of fused-ring (bicyclic) bond motifs is 1. The lowest BCUT2D eigenvalue weighted by atomic mass is 10.1. The monoisotopic (exact) mass is 354 g/mol. The average molecular weight is 354 g/mol. The summed E-state index contributed by atoms with van der Waals surface area (Å²) in [6, 6.07) is 10.3. The van der Waals surface area contributed by atoms with Crippen LogP contribution in [0.2, 0.25) is 0 Å². The molecule has 0 saturated carbocycles. The molecule has 24 heavy (non-hydrogen) atoms. The predicted octanol–water partition coefficient (Wildman–Crippen LogP) is 4.90. The molecule has 0 spiro atoms. The van der Waals surface area contributed by atoms with E-state index in [4.69, 9.17) is 4.52 Å². The highest BCUT2D eigenvalue weighted by Gasteiger charge is 2.19. The van der Waals surface area contributed by atoms with E-state index in [0.29, 0.717) is 11.7 Å². The maximum atomic E-state index is 5.28. The van der Waals surface area contributed by atoms with Gasteiger partial charge in [0.05, 0.1) is 10.6 Å². The first-order valence-corrected chi connectivity index (χ1v) is 9.23. The summed E-state index contributed by atoms with van der Waals surface area (Å²) in [5.41, 5.74) is 2.33. The summed E-state index contributed by atoms with van der Waals surface area (Å²) in [7, 11) is 0. The van der Waals surface area contributed by atoms with Crippen molar-refractivity contribution in [2.24, 2.45) is 0 Å². The van der Waals surface area contributed by atoms with E-state index < -0.39 is 0 Å². The van der Waals surface area contributed by atoms with Crippen molar-refractivity contribution in [2.75, 3.05) is 0 Å². The minimum absolute atomic E-state index is 0.0211. The van der Waals surface area contributed by atoms with E-state index >= 15 is 0 Å². The number of hydrogen-bond acceptors (Lipinski definition) is 7. The maximum Gasteiger partial charge on any atom is 0.239 e. The van der Waals surface area contributed by atoms with Crippen LogP contribution in [0.3, 0.4) is 0 Å². The Morgan fingerprint density at radius 3 is 2.75 bits per heavy atom. The molecule has 0 fully saturated rings. The number of hydrogen-bond donors (Lipinski definition) is 0. The summed E-state index contributed by atoms with van der Waals surface area (Å²) >= 11 is 3.25. The average Bonchev–Trinajstić information content (AvgIpc) is 3.22. The normalized spacial score (nSPS) is 12.6. The summed E-state index contributed by atoms with van der Waals surface area (Å²) in [6.07, 6.45) is 1.61. The molecule has 1 aromatic carbocycles. The number of nitrogens with zero attached hydrogens (tertiary/aromatic N) is 4. The topological polar surface area (TPSA) is 64.7 Å². The van der Waals surface area contributed by atoms with Gasteiger partial charge in [-0.25, -0.2) is 9.97 Å². The van der Waals surface area contributed by atoms with Crippen molar-refractivity contribution >= 4 is 33.3 Å². The molecule has 0 aliphatic rings. The molecule has 4 aromatic rings. The zero-order chi connectivity index (χ0) is 16.5. The van der Waals surface area contributed by atoms with Gasteiger partial charge in [-0.15, -0.1) is 11.3 Å². The lowest BCUT2D eigenvalue weighted by Crippen LogP contribution is -1.92. The number of rotatable bonds is 4. The summed E-state index contributed by atoms with van der Waals surface area (Å²) in [6.45, 7) is 3.86. The van der Waals surface area contributed by atoms with E-state index in [-0.39, 0.29) is 5.25 Å². The minimum Gasteiger partial charge on any atom is -0.338 e. The van der Waals surface area contributed by atoms with Gasteiger partial charge in [-0.05, 0) is 19.4 Å². The number of thioether (sulfide) groups is 1. The molecule has 0 amide bonds. The van der Waals surface area contributed by atoms with E-state index in [2.05, 4.69) is 37.6 Å². The van der Waals surface area contributed by atoms with Gasteiger partial charge in [-0.3, -0.25) is 0 Å². The van der Waals surface area contributed by atoms with Crippen LogP contribution in [0.1, 0.15) is 23.9 Å². The Balaban J connectivity index is 1.77. The number of aromatic nitrogens is 4. The Hall–Kier alpha value is -2.25. The fraction of sp³-hybridized carbons (Fsp3) is 0.176. The zero-order valence-electron chi connectivity index (χ0n) is 13.1. The Morgan fingerprint density at radius 1 is 1.17 bits per heavy atom. The van der Waals surface area contributed by atoms with Crippen LogP contribution in [-0.2, 0) is 0 Å². The largest absolute Gasteiger partial charge is 0.338 e. The molecule has 0 unspecified atom stereocenters. The first kappa shape index (κ1) is 15.3. The molecule has 0 aliphatic carbocycles. The van der Waals surface area contributed by atoms with Gasteiger partial charge in [0.15, 0.2) is 5.82 Å². The second kappa shape index (κ2) is 6.33. The standard InChI is InChI=1S/C17H14N4OS2/c1-10(15-20-11(2)21-22-15)24-17-14-13(12-6-4-3-5-7-12)8-23-16(14)18-9-19-17/h3-10H,1-2H3/t10-/m0/s1. The second-order valence-corrected chi connectivity index (χ2v) is 7.50. The first-order chi connectivity index (χ1) is 11.7. The minimum atomic E-state index is 0.0211. The van der Waals surface area contributed by atoms with Gasteiger partial charge in [0, 0.05) is 10.9 Å². The molecule has 0 aliphatic heterocycles. The van der Waals surface area contributed by atoms with Crippen molar-refractivity contribution in [1.82, 2.24) is 20.1 Å². The van der Waals surface area contributed by atoms with Crippen LogP contribution in [0, 0.1) is 6.92 Å². The molecule has 3 heterocycles. The smallest absolute Gasteiger partial charge is 0.239 e. The van der Waals surface area contributed by atoms with Crippen LogP contribution in [0.15, 0.2) is 51.6 Å². The second-order valence-electron chi connectivity index (χ2n) is 5.31. The van der Waals surface area contributed by atoms with Crippen LogP contribution in [0.25, 0.3) is 21.3 Å². The molecule has 0 saturated heterocycles. The third kappa shape index (κ3) is 2.81. The first-order valence-electron chi connectivity index (χ1n) is 7.47. The summed E-state index contributed by atoms with van der Waals surface area (Å²) in [4.78, 5) is 14.2. The molecule has 5 nitrogen and oxygen atoms in total. The number of thiophene rings is 1. The van der Waals surface area contributed by atoms with E-state index in [9.17, 15) is 0 Å². The van der Waals surface area contributed by atoms with Crippen LogP contribution >= 0.6 is 23.1 Å². The van der Waals surface area contributed by atoms with E-state index in [1.165, 1.54) is 5.56 Å². The van der Waals surface area contributed by atoms with Gasteiger partial charge < -0.3 is 4.52 Å². The van der Waals surface area contributed by atoms with Crippen LogP contribution in [0.4, 0.5) is 0 Å². The highest BCUT2D eigenvalue weighted by molar-refractivity contribution is 7.99. The molecule has 0 radical (unpaired) electrons.